The van der Waals surface area contributed by atoms with E-state index >= 15 is 0 Å². The molecule has 2 rings (SSSR count). The van der Waals surface area contributed by atoms with E-state index in [1.54, 1.807) is 24.3 Å². The first-order valence-electron chi connectivity index (χ1n) is 6.25. The number of furan rings is 1. The summed E-state index contributed by atoms with van der Waals surface area (Å²) in [7, 11) is 0. The third kappa shape index (κ3) is 3.71. The number of ether oxygens (including phenoxy) is 1. The van der Waals surface area contributed by atoms with Gasteiger partial charge in [-0.15, -0.1) is 11.3 Å². The van der Waals surface area contributed by atoms with Crippen LogP contribution in [-0.4, -0.2) is 18.0 Å². The SMILES string of the molecule is CC[C@H](OC(=O)c1ccco1)C(=O)NCc1cccs1. The van der Waals surface area contributed by atoms with E-state index in [0.717, 1.165) is 4.88 Å². The summed E-state index contributed by atoms with van der Waals surface area (Å²) >= 11 is 1.56. The van der Waals surface area contributed by atoms with Crippen molar-refractivity contribution in [1.82, 2.24) is 5.32 Å². The standard InChI is InChI=1S/C14H15NO4S/c1-2-11(19-14(17)12-6-3-7-18-12)13(16)15-9-10-5-4-8-20-10/h3-8,11H,2,9H2,1H3,(H,15,16)/t11-/m0/s1. The lowest BCUT2D eigenvalue weighted by Gasteiger charge is -2.14. The Hall–Kier alpha value is -2.08. The molecule has 1 amide bonds. The van der Waals surface area contributed by atoms with Crippen LogP contribution >= 0.6 is 11.3 Å². The predicted octanol–water partition coefficient (Wildman–Crippen LogP) is 2.59. The van der Waals surface area contributed by atoms with Crippen LogP contribution in [0.15, 0.2) is 40.3 Å². The Morgan fingerprint density at radius 1 is 1.40 bits per heavy atom. The van der Waals surface area contributed by atoms with Gasteiger partial charge in [0.15, 0.2) is 6.10 Å². The van der Waals surface area contributed by atoms with Gasteiger partial charge in [-0.05, 0) is 30.0 Å². The van der Waals surface area contributed by atoms with Gasteiger partial charge in [0.05, 0.1) is 12.8 Å². The van der Waals surface area contributed by atoms with E-state index in [1.807, 2.05) is 17.5 Å². The molecule has 0 spiro atoms. The molecule has 5 nitrogen and oxygen atoms in total. The fourth-order valence-corrected chi connectivity index (χ4v) is 2.25. The summed E-state index contributed by atoms with van der Waals surface area (Å²) in [6, 6.07) is 6.94. The summed E-state index contributed by atoms with van der Waals surface area (Å²) in [4.78, 5) is 24.7. The average Bonchev–Trinajstić information content (AvgIpc) is 3.13. The summed E-state index contributed by atoms with van der Waals surface area (Å²) in [5.41, 5.74) is 0. The van der Waals surface area contributed by atoms with Gasteiger partial charge in [-0.3, -0.25) is 4.79 Å². The number of carbonyl (C=O) groups is 2. The highest BCUT2D eigenvalue weighted by Crippen LogP contribution is 2.10. The molecule has 2 aromatic heterocycles. The van der Waals surface area contributed by atoms with Crippen LogP contribution in [0.1, 0.15) is 28.8 Å². The highest BCUT2D eigenvalue weighted by molar-refractivity contribution is 7.09. The highest BCUT2D eigenvalue weighted by Gasteiger charge is 2.22. The summed E-state index contributed by atoms with van der Waals surface area (Å²) in [5, 5.41) is 4.69. The van der Waals surface area contributed by atoms with Crippen LogP contribution in [0.25, 0.3) is 0 Å². The summed E-state index contributed by atoms with van der Waals surface area (Å²) in [5.74, 6) is -0.844. The molecule has 0 aromatic carbocycles. The van der Waals surface area contributed by atoms with Crippen molar-refractivity contribution in [3.63, 3.8) is 0 Å². The molecule has 0 bridgehead atoms. The number of hydrogen-bond acceptors (Lipinski definition) is 5. The molecular formula is C14H15NO4S. The fraction of sp³-hybridized carbons (Fsp3) is 0.286. The van der Waals surface area contributed by atoms with Gasteiger partial charge in [-0.25, -0.2) is 4.79 Å². The molecular weight excluding hydrogens is 278 g/mol. The number of nitrogens with one attached hydrogen (secondary N) is 1. The maximum absolute atomic E-state index is 12.0. The normalized spacial score (nSPS) is 11.8. The third-order valence-corrected chi connectivity index (χ3v) is 3.53. The van der Waals surface area contributed by atoms with Crippen molar-refractivity contribution < 1.29 is 18.7 Å². The van der Waals surface area contributed by atoms with Crippen LogP contribution in [0.5, 0.6) is 0 Å². The van der Waals surface area contributed by atoms with Gasteiger partial charge in [0.1, 0.15) is 0 Å². The van der Waals surface area contributed by atoms with Gasteiger partial charge in [0.25, 0.3) is 5.91 Å². The minimum atomic E-state index is -0.812. The van der Waals surface area contributed by atoms with Crippen molar-refractivity contribution in [3.05, 3.63) is 46.5 Å². The van der Waals surface area contributed by atoms with Crippen molar-refractivity contribution in [2.45, 2.75) is 26.0 Å². The van der Waals surface area contributed by atoms with Crippen LogP contribution in [-0.2, 0) is 16.1 Å². The van der Waals surface area contributed by atoms with E-state index in [0.29, 0.717) is 13.0 Å². The maximum Gasteiger partial charge on any atom is 0.374 e. The Labute approximate surface area is 120 Å². The number of carbonyl (C=O) groups excluding carboxylic acids is 2. The van der Waals surface area contributed by atoms with E-state index in [2.05, 4.69) is 5.32 Å². The molecule has 1 atom stereocenters. The zero-order valence-electron chi connectivity index (χ0n) is 11.0. The van der Waals surface area contributed by atoms with Gasteiger partial charge in [-0.2, -0.15) is 0 Å². The van der Waals surface area contributed by atoms with Crippen LogP contribution in [0.3, 0.4) is 0 Å². The highest BCUT2D eigenvalue weighted by atomic mass is 32.1. The molecule has 20 heavy (non-hydrogen) atoms. The predicted molar refractivity (Wildman–Crippen MR) is 74.4 cm³/mol. The second-order valence-corrected chi connectivity index (χ2v) is 5.11. The second-order valence-electron chi connectivity index (χ2n) is 4.08. The number of amides is 1. The Balaban J connectivity index is 1.87. The maximum atomic E-state index is 12.0. The third-order valence-electron chi connectivity index (χ3n) is 2.65. The van der Waals surface area contributed by atoms with Crippen molar-refractivity contribution in [3.8, 4) is 0 Å². The van der Waals surface area contributed by atoms with Crippen molar-refractivity contribution in [2.24, 2.45) is 0 Å². The first kappa shape index (κ1) is 14.3. The van der Waals surface area contributed by atoms with E-state index in [4.69, 9.17) is 9.15 Å². The molecule has 6 heteroatoms. The first-order valence-corrected chi connectivity index (χ1v) is 7.13. The number of esters is 1. The fourth-order valence-electron chi connectivity index (χ4n) is 1.61. The van der Waals surface area contributed by atoms with Crippen LogP contribution < -0.4 is 5.32 Å². The van der Waals surface area contributed by atoms with E-state index in [1.165, 1.54) is 12.3 Å². The number of hydrogen-bond donors (Lipinski definition) is 1. The van der Waals surface area contributed by atoms with Gasteiger partial charge in [0, 0.05) is 4.88 Å². The molecule has 0 fully saturated rings. The molecule has 0 saturated heterocycles. The minimum Gasteiger partial charge on any atom is -0.457 e. The summed E-state index contributed by atoms with van der Waals surface area (Å²) in [6.07, 6.45) is 0.976. The second kappa shape index (κ2) is 6.91. The van der Waals surface area contributed by atoms with Crippen LogP contribution in [0.2, 0.25) is 0 Å². The van der Waals surface area contributed by atoms with E-state index in [9.17, 15) is 9.59 Å². The molecule has 0 aliphatic carbocycles. The van der Waals surface area contributed by atoms with E-state index < -0.39 is 12.1 Å². The Morgan fingerprint density at radius 3 is 2.85 bits per heavy atom. The number of rotatable bonds is 6. The Morgan fingerprint density at radius 2 is 2.25 bits per heavy atom. The smallest absolute Gasteiger partial charge is 0.374 e. The summed E-state index contributed by atoms with van der Waals surface area (Å²) in [6.45, 7) is 2.22. The lowest BCUT2D eigenvalue weighted by molar-refractivity contribution is -0.130. The van der Waals surface area contributed by atoms with Crippen molar-refractivity contribution in [1.29, 1.82) is 0 Å². The monoisotopic (exact) mass is 293 g/mol. The molecule has 2 heterocycles. The van der Waals surface area contributed by atoms with E-state index in [-0.39, 0.29) is 11.7 Å². The first-order chi connectivity index (χ1) is 9.70. The zero-order chi connectivity index (χ0) is 14.4. The molecule has 0 saturated carbocycles. The molecule has 0 unspecified atom stereocenters. The zero-order valence-corrected chi connectivity index (χ0v) is 11.8. The summed E-state index contributed by atoms with van der Waals surface area (Å²) < 4.78 is 10.1. The van der Waals surface area contributed by atoms with Gasteiger partial charge in [0.2, 0.25) is 5.76 Å². The average molecular weight is 293 g/mol. The molecule has 0 aliphatic heterocycles. The lowest BCUT2D eigenvalue weighted by Crippen LogP contribution is -2.36. The van der Waals surface area contributed by atoms with Crippen molar-refractivity contribution >= 4 is 23.2 Å². The Kier molecular flexibility index (Phi) is 4.95. The number of thiophene rings is 1. The largest absolute Gasteiger partial charge is 0.457 e. The molecule has 1 N–H and O–H groups in total. The Bertz CT molecular complexity index is 548. The van der Waals surface area contributed by atoms with Crippen molar-refractivity contribution in [2.75, 3.05) is 0 Å². The lowest BCUT2D eigenvalue weighted by atomic mass is 10.2. The van der Waals surface area contributed by atoms with Gasteiger partial charge < -0.3 is 14.5 Å². The molecule has 2 aromatic rings. The van der Waals surface area contributed by atoms with Gasteiger partial charge in [-0.1, -0.05) is 13.0 Å². The molecule has 106 valence electrons. The molecule has 0 aliphatic rings. The van der Waals surface area contributed by atoms with Crippen LogP contribution in [0, 0.1) is 0 Å². The topological polar surface area (TPSA) is 68.5 Å². The van der Waals surface area contributed by atoms with Crippen LogP contribution in [0.4, 0.5) is 0 Å². The quantitative estimate of drug-likeness (QED) is 0.831. The molecule has 0 radical (unpaired) electrons. The van der Waals surface area contributed by atoms with Gasteiger partial charge >= 0.3 is 5.97 Å². The minimum absolute atomic E-state index is 0.0921.